The molecule has 1 aliphatic heterocycles. The van der Waals surface area contributed by atoms with Gasteiger partial charge in [0.2, 0.25) is 6.79 Å². The number of urea groups is 1. The van der Waals surface area contributed by atoms with E-state index in [2.05, 4.69) is 24.5 Å². The second-order valence-electron chi connectivity index (χ2n) is 5.62. The van der Waals surface area contributed by atoms with Crippen molar-refractivity contribution in [3.63, 3.8) is 0 Å². The Morgan fingerprint density at radius 2 is 2.09 bits per heavy atom. The number of carbonyl (C=O) groups is 1. The lowest BCUT2D eigenvalue weighted by Crippen LogP contribution is -2.35. The Bertz CT molecular complexity index is 491. The van der Waals surface area contributed by atoms with Crippen LogP contribution in [0.5, 0.6) is 11.5 Å². The molecular formula is C16H24N2O4. The van der Waals surface area contributed by atoms with Crippen LogP contribution >= 0.6 is 0 Å². The quantitative estimate of drug-likeness (QED) is 0.723. The first kappa shape index (κ1) is 16.4. The molecular weight excluding hydrogens is 284 g/mol. The normalized spacial score (nSPS) is 12.5. The molecule has 6 nitrogen and oxygen atoms in total. The molecule has 0 bridgehead atoms. The number of hydrogen-bond donors (Lipinski definition) is 2. The zero-order valence-corrected chi connectivity index (χ0v) is 13.2. The van der Waals surface area contributed by atoms with Crippen molar-refractivity contribution in [3.8, 4) is 11.5 Å². The third-order valence-corrected chi connectivity index (χ3v) is 3.09. The Balaban J connectivity index is 1.58. The summed E-state index contributed by atoms with van der Waals surface area (Å²) in [5.74, 6) is 2.01. The van der Waals surface area contributed by atoms with Crippen LogP contribution in [0.3, 0.4) is 0 Å². The van der Waals surface area contributed by atoms with Gasteiger partial charge in [-0.3, -0.25) is 0 Å². The van der Waals surface area contributed by atoms with E-state index in [0.29, 0.717) is 25.6 Å². The maximum Gasteiger partial charge on any atom is 0.315 e. The Hall–Kier alpha value is -1.95. The molecule has 1 aliphatic rings. The van der Waals surface area contributed by atoms with Crippen molar-refractivity contribution in [2.45, 2.75) is 26.8 Å². The van der Waals surface area contributed by atoms with E-state index < -0.39 is 0 Å². The van der Waals surface area contributed by atoms with E-state index in [-0.39, 0.29) is 12.8 Å². The molecule has 0 spiro atoms. The third kappa shape index (κ3) is 5.44. The summed E-state index contributed by atoms with van der Waals surface area (Å²) in [5, 5.41) is 5.62. The molecule has 0 radical (unpaired) electrons. The molecule has 22 heavy (non-hydrogen) atoms. The van der Waals surface area contributed by atoms with Gasteiger partial charge in [-0.15, -0.1) is 0 Å². The van der Waals surface area contributed by atoms with Crippen LogP contribution in [0.15, 0.2) is 18.2 Å². The van der Waals surface area contributed by atoms with Gasteiger partial charge < -0.3 is 24.8 Å². The smallest absolute Gasteiger partial charge is 0.315 e. The Morgan fingerprint density at radius 1 is 1.27 bits per heavy atom. The number of ether oxygens (including phenoxy) is 3. The highest BCUT2D eigenvalue weighted by atomic mass is 16.7. The summed E-state index contributed by atoms with van der Waals surface area (Å²) in [6.45, 7) is 6.96. The van der Waals surface area contributed by atoms with Crippen molar-refractivity contribution >= 4 is 6.03 Å². The molecule has 122 valence electrons. The fourth-order valence-electron chi connectivity index (χ4n) is 1.99. The van der Waals surface area contributed by atoms with Crippen LogP contribution in [0.1, 0.15) is 25.8 Å². The molecule has 2 rings (SSSR count). The standard InChI is InChI=1S/C16H24N2O4/c1-12(2)10-20-7-3-6-17-16(19)18-9-13-4-5-14-15(8-13)22-11-21-14/h4-5,8,12H,3,6-7,9-11H2,1-2H3,(H2,17,18,19). The van der Waals surface area contributed by atoms with E-state index in [0.717, 1.165) is 30.1 Å². The van der Waals surface area contributed by atoms with Gasteiger partial charge >= 0.3 is 6.03 Å². The first-order valence-corrected chi connectivity index (χ1v) is 7.63. The maximum atomic E-state index is 11.7. The van der Waals surface area contributed by atoms with E-state index >= 15 is 0 Å². The van der Waals surface area contributed by atoms with Crippen molar-refractivity contribution in [2.75, 3.05) is 26.6 Å². The van der Waals surface area contributed by atoms with Gasteiger partial charge in [0.15, 0.2) is 11.5 Å². The summed E-state index contributed by atoms with van der Waals surface area (Å²) in [5.41, 5.74) is 0.972. The van der Waals surface area contributed by atoms with Crippen LogP contribution < -0.4 is 20.1 Å². The van der Waals surface area contributed by atoms with Crippen LogP contribution in [0.2, 0.25) is 0 Å². The molecule has 2 N–H and O–H groups in total. The van der Waals surface area contributed by atoms with Crippen molar-refractivity contribution in [3.05, 3.63) is 23.8 Å². The van der Waals surface area contributed by atoms with E-state index in [9.17, 15) is 4.79 Å². The topological polar surface area (TPSA) is 68.8 Å². The number of rotatable bonds is 8. The minimum Gasteiger partial charge on any atom is -0.454 e. The summed E-state index contributed by atoms with van der Waals surface area (Å²) in [4.78, 5) is 11.7. The molecule has 2 amide bonds. The van der Waals surface area contributed by atoms with Gasteiger partial charge in [0.1, 0.15) is 0 Å². The highest BCUT2D eigenvalue weighted by Gasteiger charge is 2.13. The molecule has 1 aromatic carbocycles. The molecule has 0 atom stereocenters. The molecule has 0 aromatic heterocycles. The zero-order chi connectivity index (χ0) is 15.8. The third-order valence-electron chi connectivity index (χ3n) is 3.09. The molecule has 1 heterocycles. The molecule has 0 fully saturated rings. The van der Waals surface area contributed by atoms with E-state index in [1.54, 1.807) is 0 Å². The van der Waals surface area contributed by atoms with Crippen LogP contribution in [0.4, 0.5) is 4.79 Å². The monoisotopic (exact) mass is 308 g/mol. The SMILES string of the molecule is CC(C)COCCCNC(=O)NCc1ccc2c(c1)OCO2. The van der Waals surface area contributed by atoms with Gasteiger partial charge in [0.25, 0.3) is 0 Å². The van der Waals surface area contributed by atoms with Gasteiger partial charge in [-0.05, 0) is 30.0 Å². The van der Waals surface area contributed by atoms with Gasteiger partial charge in [0.05, 0.1) is 0 Å². The van der Waals surface area contributed by atoms with Gasteiger partial charge in [-0.2, -0.15) is 0 Å². The van der Waals surface area contributed by atoms with Gasteiger partial charge in [-0.1, -0.05) is 19.9 Å². The van der Waals surface area contributed by atoms with Crippen molar-refractivity contribution in [2.24, 2.45) is 5.92 Å². The summed E-state index contributed by atoms with van der Waals surface area (Å²) < 4.78 is 16.0. The molecule has 6 heteroatoms. The Labute approximate surface area is 131 Å². The molecule has 0 aliphatic carbocycles. The number of carbonyl (C=O) groups excluding carboxylic acids is 1. The first-order chi connectivity index (χ1) is 10.6. The van der Waals surface area contributed by atoms with Crippen LogP contribution in [-0.2, 0) is 11.3 Å². The van der Waals surface area contributed by atoms with Crippen molar-refractivity contribution in [1.82, 2.24) is 10.6 Å². The second-order valence-corrected chi connectivity index (χ2v) is 5.62. The van der Waals surface area contributed by atoms with Gasteiger partial charge in [0, 0.05) is 26.3 Å². The number of fused-ring (bicyclic) bond motifs is 1. The molecule has 0 unspecified atom stereocenters. The lowest BCUT2D eigenvalue weighted by Gasteiger charge is -2.09. The minimum absolute atomic E-state index is 0.179. The molecule has 0 saturated heterocycles. The number of hydrogen-bond acceptors (Lipinski definition) is 4. The van der Waals surface area contributed by atoms with Crippen molar-refractivity contribution < 1.29 is 19.0 Å². The number of amides is 2. The fourth-order valence-corrected chi connectivity index (χ4v) is 1.99. The summed E-state index contributed by atoms with van der Waals surface area (Å²) in [6, 6.07) is 5.46. The zero-order valence-electron chi connectivity index (χ0n) is 13.2. The summed E-state index contributed by atoms with van der Waals surface area (Å²) in [7, 11) is 0. The predicted molar refractivity (Wildman–Crippen MR) is 83.1 cm³/mol. The second kappa shape index (κ2) is 8.48. The molecule has 0 saturated carbocycles. The average molecular weight is 308 g/mol. The van der Waals surface area contributed by atoms with Crippen LogP contribution in [-0.4, -0.2) is 32.6 Å². The fraction of sp³-hybridized carbons (Fsp3) is 0.562. The predicted octanol–water partition coefficient (Wildman–Crippen LogP) is 2.28. The van der Waals surface area contributed by atoms with E-state index in [1.165, 1.54) is 0 Å². The number of nitrogens with one attached hydrogen (secondary N) is 2. The van der Waals surface area contributed by atoms with Crippen LogP contribution in [0.25, 0.3) is 0 Å². The first-order valence-electron chi connectivity index (χ1n) is 7.63. The Morgan fingerprint density at radius 3 is 2.91 bits per heavy atom. The Kier molecular flexibility index (Phi) is 6.33. The van der Waals surface area contributed by atoms with Crippen LogP contribution in [0, 0.1) is 5.92 Å². The van der Waals surface area contributed by atoms with Gasteiger partial charge in [-0.25, -0.2) is 4.79 Å². The largest absolute Gasteiger partial charge is 0.454 e. The highest BCUT2D eigenvalue weighted by molar-refractivity contribution is 5.73. The van der Waals surface area contributed by atoms with Crippen molar-refractivity contribution in [1.29, 1.82) is 0 Å². The molecule has 1 aromatic rings. The minimum atomic E-state index is -0.179. The lowest BCUT2D eigenvalue weighted by atomic mass is 10.2. The maximum absolute atomic E-state index is 11.7. The highest BCUT2D eigenvalue weighted by Crippen LogP contribution is 2.32. The lowest BCUT2D eigenvalue weighted by molar-refractivity contribution is 0.108. The summed E-state index contributed by atoms with van der Waals surface area (Å²) in [6.07, 6.45) is 0.810. The summed E-state index contributed by atoms with van der Waals surface area (Å²) >= 11 is 0. The van der Waals surface area contributed by atoms with E-state index in [1.807, 2.05) is 18.2 Å². The van der Waals surface area contributed by atoms with E-state index in [4.69, 9.17) is 14.2 Å². The average Bonchev–Trinajstić information content (AvgIpc) is 2.96. The number of benzene rings is 1.